The van der Waals surface area contributed by atoms with Gasteiger partial charge in [0.15, 0.2) is 0 Å². The van der Waals surface area contributed by atoms with Crippen molar-refractivity contribution in [3.05, 3.63) is 35.8 Å². The Labute approximate surface area is 89.5 Å². The minimum absolute atomic E-state index is 0.118. The van der Waals surface area contributed by atoms with E-state index in [1.807, 2.05) is 0 Å². The summed E-state index contributed by atoms with van der Waals surface area (Å²) in [5.74, 6) is -2.38. The molecule has 2 aliphatic heterocycles. The minimum atomic E-state index is -1.19. The predicted octanol–water partition coefficient (Wildman–Crippen LogP) is 0.978. The van der Waals surface area contributed by atoms with Crippen molar-refractivity contribution in [2.24, 2.45) is 0 Å². The van der Waals surface area contributed by atoms with Gasteiger partial charge in [0.2, 0.25) is 0 Å². The third kappa shape index (κ3) is 1.56. The van der Waals surface area contributed by atoms with Crippen molar-refractivity contribution in [2.45, 2.75) is 0 Å². The first kappa shape index (κ1) is 10.0. The summed E-state index contributed by atoms with van der Waals surface area (Å²) in [6.45, 7) is 0. The smallest absolute Gasteiger partial charge is 0.354 e. The molecule has 0 unspecified atom stereocenters. The lowest BCUT2D eigenvalue weighted by molar-refractivity contribution is 0.0680. The van der Waals surface area contributed by atoms with Crippen LogP contribution in [0.1, 0.15) is 20.8 Å². The van der Waals surface area contributed by atoms with Crippen LogP contribution in [0, 0.1) is 0 Å². The van der Waals surface area contributed by atoms with E-state index < -0.39 is 11.9 Å². The Bertz CT molecular complexity index is 553. The molecule has 0 aromatic rings. The Hall–Kier alpha value is -2.50. The molecule has 0 saturated carbocycles. The number of rotatable bonds is 2. The quantitative estimate of drug-likeness (QED) is 0.779. The van der Waals surface area contributed by atoms with E-state index in [0.717, 1.165) is 6.20 Å². The molecule has 80 valence electrons. The molecule has 0 bridgehead atoms. The van der Waals surface area contributed by atoms with Crippen LogP contribution in [0.15, 0.2) is 24.5 Å². The zero-order valence-corrected chi connectivity index (χ0v) is 7.91. The molecule has 0 saturated heterocycles. The van der Waals surface area contributed by atoms with Crippen molar-refractivity contribution in [2.75, 3.05) is 0 Å². The third-order valence-electron chi connectivity index (χ3n) is 2.05. The van der Waals surface area contributed by atoms with Crippen LogP contribution in [-0.4, -0.2) is 32.1 Å². The number of fused-ring (bicyclic) bond motifs is 1. The second-order valence-electron chi connectivity index (χ2n) is 3.06. The van der Waals surface area contributed by atoms with E-state index in [9.17, 15) is 9.59 Å². The Morgan fingerprint density at radius 3 is 2.56 bits per heavy atom. The second-order valence-corrected chi connectivity index (χ2v) is 3.06. The molecule has 6 nitrogen and oxygen atoms in total. The van der Waals surface area contributed by atoms with Crippen molar-refractivity contribution in [3.63, 3.8) is 0 Å². The van der Waals surface area contributed by atoms with Gasteiger partial charge in [-0.2, -0.15) is 0 Å². The van der Waals surface area contributed by atoms with Gasteiger partial charge in [-0.25, -0.2) is 14.6 Å². The predicted molar refractivity (Wildman–Crippen MR) is 52.6 cm³/mol. The lowest BCUT2D eigenvalue weighted by Crippen LogP contribution is -1.99. The zero-order valence-electron chi connectivity index (χ0n) is 7.91. The Balaban J connectivity index is 2.74. The van der Waals surface area contributed by atoms with Crippen LogP contribution in [0.25, 0.3) is 11.3 Å². The molecule has 2 rings (SSSR count). The summed E-state index contributed by atoms with van der Waals surface area (Å²) in [5.41, 5.74) is 0.269. The van der Waals surface area contributed by atoms with Crippen molar-refractivity contribution in [1.82, 2.24) is 9.97 Å². The highest BCUT2D eigenvalue weighted by Crippen LogP contribution is 2.24. The lowest BCUT2D eigenvalue weighted by Gasteiger charge is -1.93. The molecule has 0 aromatic heterocycles. The molecule has 0 radical (unpaired) electrons. The highest BCUT2D eigenvalue weighted by Gasteiger charge is 2.19. The van der Waals surface area contributed by atoms with Crippen molar-refractivity contribution >= 4 is 11.9 Å². The summed E-state index contributed by atoms with van der Waals surface area (Å²) >= 11 is 0. The first-order valence-corrected chi connectivity index (χ1v) is 4.31. The fraction of sp³-hybridized carbons (Fsp3) is 0. The summed E-state index contributed by atoms with van der Waals surface area (Å²) in [4.78, 5) is 29.1. The highest BCUT2D eigenvalue weighted by atomic mass is 16.4. The standard InChI is InChI=1S/C10H6N2O4/c13-9(14)6-4-11-2-1-5-3-7(10(15)16)12-8(5)6/h1-4H,(H,13,14)(H,15,16). The van der Waals surface area contributed by atoms with E-state index in [2.05, 4.69) is 9.97 Å². The van der Waals surface area contributed by atoms with Crippen LogP contribution in [0.4, 0.5) is 0 Å². The van der Waals surface area contributed by atoms with Crippen molar-refractivity contribution in [3.8, 4) is 11.3 Å². The van der Waals surface area contributed by atoms with Gasteiger partial charge in [0.1, 0.15) is 11.3 Å². The summed E-state index contributed by atoms with van der Waals surface area (Å²) in [6, 6.07) is 2.83. The monoisotopic (exact) mass is 218 g/mol. The second kappa shape index (κ2) is 3.58. The molecule has 0 atom stereocenters. The fourth-order valence-electron chi connectivity index (χ4n) is 1.34. The van der Waals surface area contributed by atoms with E-state index in [0.29, 0.717) is 5.56 Å². The van der Waals surface area contributed by atoms with Crippen LogP contribution >= 0.6 is 0 Å². The minimum Gasteiger partial charge on any atom is -0.478 e. The Morgan fingerprint density at radius 2 is 1.94 bits per heavy atom. The first-order chi connectivity index (χ1) is 7.59. The van der Waals surface area contributed by atoms with Gasteiger partial charge in [-0.1, -0.05) is 0 Å². The molecule has 0 spiro atoms. The number of aromatic carboxylic acids is 2. The van der Waals surface area contributed by atoms with Crippen LogP contribution in [-0.2, 0) is 0 Å². The molecule has 2 heterocycles. The van der Waals surface area contributed by atoms with Gasteiger partial charge in [-0.05, 0) is 12.1 Å². The maximum absolute atomic E-state index is 10.9. The normalized spacial score (nSPS) is 10.2. The van der Waals surface area contributed by atoms with Gasteiger partial charge < -0.3 is 10.2 Å². The van der Waals surface area contributed by atoms with Gasteiger partial charge in [-0.3, -0.25) is 4.98 Å². The highest BCUT2D eigenvalue weighted by molar-refractivity contribution is 5.97. The number of carbonyl (C=O) groups is 2. The third-order valence-corrected chi connectivity index (χ3v) is 2.05. The molecular weight excluding hydrogens is 212 g/mol. The number of hydrogen-bond acceptors (Lipinski definition) is 4. The van der Waals surface area contributed by atoms with Crippen LogP contribution in [0.3, 0.4) is 0 Å². The average molecular weight is 218 g/mol. The van der Waals surface area contributed by atoms with Crippen LogP contribution in [0.5, 0.6) is 0 Å². The number of carboxylic acids is 2. The van der Waals surface area contributed by atoms with Gasteiger partial charge in [-0.15, -0.1) is 0 Å². The molecule has 0 aromatic carbocycles. The topological polar surface area (TPSA) is 100 Å². The molecule has 0 fully saturated rings. The lowest BCUT2D eigenvalue weighted by atomic mass is 10.1. The van der Waals surface area contributed by atoms with Gasteiger partial charge >= 0.3 is 11.9 Å². The summed E-state index contributed by atoms with van der Waals surface area (Å²) in [5, 5.41) is 17.7. The summed E-state index contributed by atoms with van der Waals surface area (Å²) in [6.07, 6.45) is 2.53. The molecule has 0 amide bonds. The molecule has 16 heavy (non-hydrogen) atoms. The van der Waals surface area contributed by atoms with Gasteiger partial charge in [0.05, 0.1) is 5.69 Å². The number of hydrogen-bond donors (Lipinski definition) is 2. The van der Waals surface area contributed by atoms with E-state index >= 15 is 0 Å². The van der Waals surface area contributed by atoms with E-state index in [4.69, 9.17) is 10.2 Å². The fourth-order valence-corrected chi connectivity index (χ4v) is 1.34. The number of nitrogens with zero attached hydrogens (tertiary/aromatic N) is 2. The maximum atomic E-state index is 10.9. The Kier molecular flexibility index (Phi) is 2.24. The summed E-state index contributed by atoms with van der Waals surface area (Å²) in [7, 11) is 0. The largest absolute Gasteiger partial charge is 0.478 e. The van der Waals surface area contributed by atoms with E-state index in [-0.39, 0.29) is 17.0 Å². The van der Waals surface area contributed by atoms with Crippen molar-refractivity contribution in [1.29, 1.82) is 0 Å². The molecular formula is C10H6N2O4. The molecule has 2 N–H and O–H groups in total. The van der Waals surface area contributed by atoms with Gasteiger partial charge in [0.25, 0.3) is 0 Å². The average Bonchev–Trinajstić information content (AvgIpc) is 2.52. The Morgan fingerprint density at radius 1 is 1.19 bits per heavy atom. The SMILES string of the molecule is O=C(O)c1cc2ccncc(C(=O)O)c-2n1. The van der Waals surface area contributed by atoms with Gasteiger partial charge in [0, 0.05) is 18.0 Å². The molecule has 0 aliphatic carbocycles. The van der Waals surface area contributed by atoms with Crippen LogP contribution in [0.2, 0.25) is 0 Å². The van der Waals surface area contributed by atoms with Crippen molar-refractivity contribution < 1.29 is 19.8 Å². The summed E-state index contributed by atoms with van der Waals surface area (Å²) < 4.78 is 0. The number of carboxylic acid groups (broad SMARTS) is 2. The van der Waals surface area contributed by atoms with Crippen LogP contribution < -0.4 is 0 Å². The molecule has 2 aliphatic rings. The van der Waals surface area contributed by atoms with E-state index in [1.54, 1.807) is 0 Å². The number of aromatic nitrogens is 2. The first-order valence-electron chi connectivity index (χ1n) is 4.31. The zero-order chi connectivity index (χ0) is 11.7. The van der Waals surface area contributed by atoms with E-state index in [1.165, 1.54) is 18.3 Å². The maximum Gasteiger partial charge on any atom is 0.354 e. The molecule has 6 heteroatoms.